The van der Waals surface area contributed by atoms with E-state index in [0.717, 1.165) is 19.4 Å². The molecule has 1 saturated carbocycles. The number of likely N-dealkylation sites (N-methyl/N-ethyl adjacent to an activating group) is 1. The highest BCUT2D eigenvalue weighted by Crippen LogP contribution is 2.25. The van der Waals surface area contributed by atoms with Crippen LogP contribution in [-0.2, 0) is 9.53 Å². The van der Waals surface area contributed by atoms with Gasteiger partial charge in [0.1, 0.15) is 6.10 Å². The summed E-state index contributed by atoms with van der Waals surface area (Å²) in [7, 11) is 1.91. The van der Waals surface area contributed by atoms with Crippen LogP contribution < -0.4 is 0 Å². The lowest BCUT2D eigenvalue weighted by Gasteiger charge is -2.35. The Morgan fingerprint density at radius 1 is 1.31 bits per heavy atom. The largest absolute Gasteiger partial charge is 0.368 e. The fraction of sp³-hybridized carbons (Fsp3) is 0.900. The van der Waals surface area contributed by atoms with Crippen LogP contribution in [0.5, 0.6) is 0 Å². The van der Waals surface area contributed by atoms with Crippen molar-refractivity contribution < 1.29 is 9.53 Å². The van der Waals surface area contributed by atoms with Crippen LogP contribution in [0.1, 0.15) is 32.1 Å². The zero-order valence-electron chi connectivity index (χ0n) is 8.16. The van der Waals surface area contributed by atoms with E-state index in [-0.39, 0.29) is 12.0 Å². The van der Waals surface area contributed by atoms with E-state index < -0.39 is 0 Å². The molecule has 0 unspecified atom stereocenters. The first kappa shape index (κ1) is 9.00. The molecule has 2 rings (SSSR count). The van der Waals surface area contributed by atoms with E-state index in [9.17, 15) is 4.79 Å². The van der Waals surface area contributed by atoms with E-state index in [2.05, 4.69) is 0 Å². The van der Waals surface area contributed by atoms with Gasteiger partial charge in [-0.1, -0.05) is 0 Å². The second-order valence-electron chi connectivity index (χ2n) is 4.04. The number of rotatable bonds is 2. The van der Waals surface area contributed by atoms with Crippen LogP contribution in [0.3, 0.4) is 0 Å². The van der Waals surface area contributed by atoms with Gasteiger partial charge in [0.25, 0.3) is 5.91 Å². The van der Waals surface area contributed by atoms with Gasteiger partial charge in [-0.25, -0.2) is 0 Å². The van der Waals surface area contributed by atoms with Crippen LogP contribution >= 0.6 is 0 Å². The van der Waals surface area contributed by atoms with Gasteiger partial charge in [-0.2, -0.15) is 0 Å². The van der Waals surface area contributed by atoms with Crippen LogP contribution in [0.15, 0.2) is 0 Å². The van der Waals surface area contributed by atoms with Gasteiger partial charge in [0, 0.05) is 19.7 Å². The van der Waals surface area contributed by atoms with Crippen molar-refractivity contribution in [2.75, 3.05) is 13.7 Å². The molecular weight excluding hydrogens is 166 g/mol. The highest BCUT2D eigenvalue weighted by atomic mass is 16.5. The molecule has 74 valence electrons. The molecule has 3 nitrogen and oxygen atoms in total. The fourth-order valence-electron chi connectivity index (χ4n) is 1.95. The fourth-order valence-corrected chi connectivity index (χ4v) is 1.95. The molecule has 0 aromatic rings. The number of nitrogens with zero attached hydrogens (tertiary/aromatic N) is 1. The van der Waals surface area contributed by atoms with Gasteiger partial charge in [-0.3, -0.25) is 4.79 Å². The molecule has 1 amide bonds. The van der Waals surface area contributed by atoms with Crippen LogP contribution in [0.25, 0.3) is 0 Å². The summed E-state index contributed by atoms with van der Waals surface area (Å²) in [5.74, 6) is 0.196. The number of carbonyl (C=O) groups is 1. The normalized spacial score (nSPS) is 28.5. The SMILES string of the molecule is CN(C(=O)[C@@H]1CCCO1)C1CCC1. The maximum Gasteiger partial charge on any atom is 0.251 e. The topological polar surface area (TPSA) is 29.5 Å². The molecule has 0 bridgehead atoms. The van der Waals surface area contributed by atoms with Crippen molar-refractivity contribution in [1.82, 2.24) is 4.90 Å². The first-order chi connectivity index (χ1) is 6.29. The second-order valence-corrected chi connectivity index (χ2v) is 4.04. The molecule has 1 atom stereocenters. The number of hydrogen-bond donors (Lipinski definition) is 0. The van der Waals surface area contributed by atoms with Gasteiger partial charge in [0.15, 0.2) is 0 Å². The minimum atomic E-state index is -0.134. The van der Waals surface area contributed by atoms with Gasteiger partial charge >= 0.3 is 0 Å². The molecule has 2 fully saturated rings. The van der Waals surface area contributed by atoms with E-state index in [1.807, 2.05) is 11.9 Å². The average Bonchev–Trinajstić information content (AvgIpc) is 2.51. The molecular formula is C10H17NO2. The van der Waals surface area contributed by atoms with E-state index in [4.69, 9.17) is 4.74 Å². The highest BCUT2D eigenvalue weighted by molar-refractivity contribution is 5.81. The Hall–Kier alpha value is -0.570. The number of amides is 1. The summed E-state index contributed by atoms with van der Waals surface area (Å²) >= 11 is 0. The number of hydrogen-bond acceptors (Lipinski definition) is 2. The van der Waals surface area contributed by atoms with Crippen LogP contribution in [-0.4, -0.2) is 36.6 Å². The van der Waals surface area contributed by atoms with Gasteiger partial charge < -0.3 is 9.64 Å². The second kappa shape index (κ2) is 3.66. The molecule has 1 aliphatic carbocycles. The summed E-state index contributed by atoms with van der Waals surface area (Å²) in [5, 5.41) is 0. The Bertz CT molecular complexity index is 195. The van der Waals surface area contributed by atoms with Crippen molar-refractivity contribution in [3.05, 3.63) is 0 Å². The van der Waals surface area contributed by atoms with Gasteiger partial charge in [-0.05, 0) is 32.1 Å². The Morgan fingerprint density at radius 3 is 2.54 bits per heavy atom. The molecule has 0 aromatic heterocycles. The van der Waals surface area contributed by atoms with Crippen molar-refractivity contribution in [2.45, 2.75) is 44.2 Å². The lowest BCUT2D eigenvalue weighted by Crippen LogP contribution is -2.45. The Kier molecular flexibility index (Phi) is 2.54. The van der Waals surface area contributed by atoms with E-state index in [1.165, 1.54) is 19.3 Å². The van der Waals surface area contributed by atoms with Gasteiger partial charge in [-0.15, -0.1) is 0 Å². The molecule has 13 heavy (non-hydrogen) atoms. The average molecular weight is 183 g/mol. The molecule has 0 radical (unpaired) electrons. The first-order valence-electron chi connectivity index (χ1n) is 5.17. The van der Waals surface area contributed by atoms with E-state index in [0.29, 0.717) is 6.04 Å². The van der Waals surface area contributed by atoms with Crippen LogP contribution in [0.2, 0.25) is 0 Å². The summed E-state index contributed by atoms with van der Waals surface area (Å²) in [5.41, 5.74) is 0. The van der Waals surface area contributed by atoms with E-state index in [1.54, 1.807) is 0 Å². The third-order valence-electron chi connectivity index (χ3n) is 3.18. The maximum atomic E-state index is 11.8. The Labute approximate surface area is 79.0 Å². The number of carbonyl (C=O) groups excluding carboxylic acids is 1. The first-order valence-corrected chi connectivity index (χ1v) is 5.17. The predicted octanol–water partition coefficient (Wildman–Crippen LogP) is 1.18. The third kappa shape index (κ3) is 1.70. The quantitative estimate of drug-likeness (QED) is 0.643. The molecule has 0 spiro atoms. The standard InChI is InChI=1S/C10H17NO2/c1-11(8-4-2-5-8)10(12)9-6-3-7-13-9/h8-9H,2-7H2,1H3/t9-/m0/s1. The summed E-state index contributed by atoms with van der Waals surface area (Å²) in [6.07, 6.45) is 5.44. The smallest absolute Gasteiger partial charge is 0.251 e. The molecule has 1 saturated heterocycles. The maximum absolute atomic E-state index is 11.8. The summed E-state index contributed by atoms with van der Waals surface area (Å²) in [6, 6.07) is 0.497. The molecule has 1 heterocycles. The monoisotopic (exact) mass is 183 g/mol. The molecule has 3 heteroatoms. The summed E-state index contributed by atoms with van der Waals surface area (Å²) in [4.78, 5) is 13.7. The van der Waals surface area contributed by atoms with Gasteiger partial charge in [0.05, 0.1) is 0 Å². The van der Waals surface area contributed by atoms with Gasteiger partial charge in [0.2, 0.25) is 0 Å². The lowest BCUT2D eigenvalue weighted by molar-refractivity contribution is -0.143. The van der Waals surface area contributed by atoms with Crippen LogP contribution in [0, 0.1) is 0 Å². The lowest BCUT2D eigenvalue weighted by atomic mass is 9.91. The Balaban J connectivity index is 1.87. The Morgan fingerprint density at radius 2 is 2.08 bits per heavy atom. The zero-order valence-corrected chi connectivity index (χ0v) is 8.16. The van der Waals surface area contributed by atoms with E-state index >= 15 is 0 Å². The molecule has 1 aliphatic heterocycles. The highest BCUT2D eigenvalue weighted by Gasteiger charge is 2.32. The minimum Gasteiger partial charge on any atom is -0.368 e. The van der Waals surface area contributed by atoms with Crippen molar-refractivity contribution in [3.63, 3.8) is 0 Å². The molecule has 2 aliphatic rings. The summed E-state index contributed by atoms with van der Waals surface area (Å²) < 4.78 is 5.36. The molecule has 0 N–H and O–H groups in total. The van der Waals surface area contributed by atoms with Crippen molar-refractivity contribution in [3.8, 4) is 0 Å². The van der Waals surface area contributed by atoms with Crippen molar-refractivity contribution >= 4 is 5.91 Å². The number of ether oxygens (including phenoxy) is 1. The third-order valence-corrected chi connectivity index (χ3v) is 3.18. The summed E-state index contributed by atoms with van der Waals surface area (Å²) in [6.45, 7) is 0.759. The molecule has 0 aromatic carbocycles. The van der Waals surface area contributed by atoms with Crippen molar-refractivity contribution in [1.29, 1.82) is 0 Å². The van der Waals surface area contributed by atoms with Crippen LogP contribution in [0.4, 0.5) is 0 Å². The minimum absolute atomic E-state index is 0.134. The zero-order chi connectivity index (χ0) is 9.26. The van der Waals surface area contributed by atoms with Crippen molar-refractivity contribution in [2.24, 2.45) is 0 Å². The predicted molar refractivity (Wildman–Crippen MR) is 49.4 cm³/mol.